The van der Waals surface area contributed by atoms with E-state index in [0.717, 1.165) is 12.1 Å². The van der Waals surface area contributed by atoms with Crippen molar-refractivity contribution < 1.29 is 26.3 Å². The van der Waals surface area contributed by atoms with Crippen LogP contribution in [0.5, 0.6) is 0 Å². The number of halogens is 6. The van der Waals surface area contributed by atoms with Gasteiger partial charge in [-0.15, -0.1) is 0 Å². The van der Waals surface area contributed by atoms with Crippen LogP contribution in [-0.4, -0.2) is 0 Å². The molecule has 0 spiro atoms. The topological polar surface area (TPSA) is 26.0 Å². The van der Waals surface area contributed by atoms with Crippen LogP contribution in [0, 0.1) is 34.9 Å². The van der Waals surface area contributed by atoms with Crippen LogP contribution in [0.15, 0.2) is 18.2 Å². The molecule has 0 bridgehead atoms. The molecule has 2 aromatic carbocycles. The van der Waals surface area contributed by atoms with Crippen molar-refractivity contribution in [3.05, 3.63) is 53.1 Å². The molecule has 0 atom stereocenters. The SMILES string of the molecule is Nc1ccc(-c2c(F)c(F)c(F)c(F)c2F)c(F)c1. The van der Waals surface area contributed by atoms with Gasteiger partial charge in [-0.2, -0.15) is 0 Å². The fraction of sp³-hybridized carbons (Fsp3) is 0. The Morgan fingerprint density at radius 3 is 1.63 bits per heavy atom. The van der Waals surface area contributed by atoms with Gasteiger partial charge in [0.15, 0.2) is 23.3 Å². The van der Waals surface area contributed by atoms with E-state index in [4.69, 9.17) is 5.73 Å². The van der Waals surface area contributed by atoms with Crippen molar-refractivity contribution in [2.45, 2.75) is 0 Å². The van der Waals surface area contributed by atoms with Crippen molar-refractivity contribution in [2.75, 3.05) is 5.73 Å². The van der Waals surface area contributed by atoms with Crippen LogP contribution >= 0.6 is 0 Å². The van der Waals surface area contributed by atoms with Crippen molar-refractivity contribution in [3.63, 3.8) is 0 Å². The largest absolute Gasteiger partial charge is 0.399 e. The van der Waals surface area contributed by atoms with Gasteiger partial charge >= 0.3 is 0 Å². The molecular formula is C12H5F6N. The van der Waals surface area contributed by atoms with Crippen LogP contribution in [0.4, 0.5) is 32.0 Å². The van der Waals surface area contributed by atoms with Crippen molar-refractivity contribution in [2.24, 2.45) is 0 Å². The first-order valence-corrected chi connectivity index (χ1v) is 4.91. The van der Waals surface area contributed by atoms with Crippen molar-refractivity contribution in [1.82, 2.24) is 0 Å². The maximum absolute atomic E-state index is 13.5. The third-order valence-electron chi connectivity index (χ3n) is 2.47. The van der Waals surface area contributed by atoms with E-state index >= 15 is 0 Å². The monoisotopic (exact) mass is 277 g/mol. The van der Waals surface area contributed by atoms with Crippen molar-refractivity contribution in [1.29, 1.82) is 0 Å². The number of anilines is 1. The molecule has 0 aliphatic heterocycles. The minimum absolute atomic E-state index is 0.0508. The summed E-state index contributed by atoms with van der Waals surface area (Å²) in [7, 11) is 0. The van der Waals surface area contributed by atoms with E-state index in [0.29, 0.717) is 6.07 Å². The lowest BCUT2D eigenvalue weighted by Gasteiger charge is -2.09. The molecule has 0 saturated carbocycles. The Kier molecular flexibility index (Phi) is 3.13. The molecule has 0 fully saturated rings. The van der Waals surface area contributed by atoms with Gasteiger partial charge < -0.3 is 5.73 Å². The molecule has 2 N–H and O–H groups in total. The van der Waals surface area contributed by atoms with Gasteiger partial charge in [-0.3, -0.25) is 0 Å². The molecule has 19 heavy (non-hydrogen) atoms. The summed E-state index contributed by atoms with van der Waals surface area (Å²) >= 11 is 0. The average Bonchev–Trinajstić information content (AvgIpc) is 2.37. The maximum atomic E-state index is 13.5. The summed E-state index contributed by atoms with van der Waals surface area (Å²) in [6, 6.07) is 2.63. The van der Waals surface area contributed by atoms with Gasteiger partial charge in [0.2, 0.25) is 5.82 Å². The van der Waals surface area contributed by atoms with Gasteiger partial charge in [0.25, 0.3) is 0 Å². The molecule has 0 aromatic heterocycles. The average molecular weight is 277 g/mol. The van der Waals surface area contributed by atoms with Crippen LogP contribution < -0.4 is 5.73 Å². The maximum Gasteiger partial charge on any atom is 0.200 e. The Morgan fingerprint density at radius 2 is 1.16 bits per heavy atom. The highest BCUT2D eigenvalue weighted by Crippen LogP contribution is 2.33. The molecule has 2 rings (SSSR count). The second-order valence-corrected chi connectivity index (χ2v) is 3.68. The Morgan fingerprint density at radius 1 is 0.684 bits per heavy atom. The van der Waals surface area contributed by atoms with Crippen molar-refractivity contribution in [3.8, 4) is 11.1 Å². The van der Waals surface area contributed by atoms with Gasteiger partial charge in [0, 0.05) is 11.3 Å². The number of rotatable bonds is 1. The smallest absolute Gasteiger partial charge is 0.200 e. The third kappa shape index (κ3) is 2.00. The third-order valence-corrected chi connectivity index (χ3v) is 2.47. The van der Waals surface area contributed by atoms with Gasteiger partial charge in [0.1, 0.15) is 5.82 Å². The summed E-state index contributed by atoms with van der Waals surface area (Å²) in [5.41, 5.74) is 3.09. The standard InChI is InChI=1S/C12H5F6N/c13-6-3-4(19)1-2-5(6)7-8(14)10(16)12(18)11(17)9(7)15/h1-3H,19H2. The molecule has 0 radical (unpaired) electrons. The normalized spacial score (nSPS) is 10.8. The second kappa shape index (κ2) is 4.49. The molecule has 0 aliphatic rings. The Bertz CT molecular complexity index is 639. The zero-order chi connectivity index (χ0) is 14.3. The number of hydrogen-bond acceptors (Lipinski definition) is 1. The molecule has 0 amide bonds. The van der Waals surface area contributed by atoms with Crippen LogP contribution in [0.25, 0.3) is 11.1 Å². The van der Waals surface area contributed by atoms with E-state index in [9.17, 15) is 26.3 Å². The number of benzene rings is 2. The van der Waals surface area contributed by atoms with Gasteiger partial charge in [0.05, 0.1) is 5.56 Å². The Hall–Kier alpha value is -2.18. The van der Waals surface area contributed by atoms with Crippen molar-refractivity contribution >= 4 is 5.69 Å². The lowest BCUT2D eigenvalue weighted by atomic mass is 10.0. The summed E-state index contributed by atoms with van der Waals surface area (Å²) in [4.78, 5) is 0. The summed E-state index contributed by atoms with van der Waals surface area (Å²) in [6.45, 7) is 0. The minimum Gasteiger partial charge on any atom is -0.399 e. The van der Waals surface area contributed by atoms with E-state index < -0.39 is 46.0 Å². The molecule has 100 valence electrons. The van der Waals surface area contributed by atoms with Crippen LogP contribution in [0.1, 0.15) is 0 Å². The molecule has 0 heterocycles. The van der Waals surface area contributed by atoms with Crippen LogP contribution in [0.2, 0.25) is 0 Å². The van der Waals surface area contributed by atoms with Crippen LogP contribution in [-0.2, 0) is 0 Å². The zero-order valence-corrected chi connectivity index (χ0v) is 9.08. The fourth-order valence-electron chi connectivity index (χ4n) is 1.58. The van der Waals surface area contributed by atoms with E-state index in [1.807, 2.05) is 0 Å². The molecule has 2 aromatic rings. The highest BCUT2D eigenvalue weighted by atomic mass is 19.2. The van der Waals surface area contributed by atoms with Gasteiger partial charge in [-0.1, -0.05) is 0 Å². The van der Waals surface area contributed by atoms with Gasteiger partial charge in [-0.05, 0) is 18.2 Å². The highest BCUT2D eigenvalue weighted by molar-refractivity contribution is 5.68. The minimum atomic E-state index is -2.30. The zero-order valence-electron chi connectivity index (χ0n) is 9.08. The lowest BCUT2D eigenvalue weighted by Crippen LogP contribution is -2.05. The quantitative estimate of drug-likeness (QED) is 0.365. The second-order valence-electron chi connectivity index (χ2n) is 3.68. The molecule has 0 aliphatic carbocycles. The predicted molar refractivity (Wildman–Crippen MR) is 56.0 cm³/mol. The van der Waals surface area contributed by atoms with Gasteiger partial charge in [-0.25, -0.2) is 26.3 Å². The Balaban J connectivity index is 2.83. The predicted octanol–water partition coefficient (Wildman–Crippen LogP) is 3.77. The van der Waals surface area contributed by atoms with Crippen LogP contribution in [0.3, 0.4) is 0 Å². The summed E-state index contributed by atoms with van der Waals surface area (Å²) in [5.74, 6) is -12.0. The molecule has 0 unspecified atom stereocenters. The molecule has 1 nitrogen and oxygen atoms in total. The first-order chi connectivity index (χ1) is 8.84. The van der Waals surface area contributed by atoms with E-state index in [1.165, 1.54) is 0 Å². The number of nitrogen functional groups attached to an aromatic ring is 1. The first kappa shape index (κ1) is 13.3. The molecular weight excluding hydrogens is 272 g/mol. The molecule has 7 heteroatoms. The molecule has 0 saturated heterocycles. The summed E-state index contributed by atoms with van der Waals surface area (Å²) < 4.78 is 79.2. The summed E-state index contributed by atoms with van der Waals surface area (Å²) in [6.07, 6.45) is 0. The Labute approximate surface area is 103 Å². The fourth-order valence-corrected chi connectivity index (χ4v) is 1.58. The van der Waals surface area contributed by atoms with E-state index in [-0.39, 0.29) is 5.69 Å². The van der Waals surface area contributed by atoms with E-state index in [1.54, 1.807) is 0 Å². The first-order valence-electron chi connectivity index (χ1n) is 4.91. The lowest BCUT2D eigenvalue weighted by molar-refractivity contribution is 0.381. The van der Waals surface area contributed by atoms with E-state index in [2.05, 4.69) is 0 Å². The number of hydrogen-bond donors (Lipinski definition) is 1. The highest BCUT2D eigenvalue weighted by Gasteiger charge is 2.27. The number of nitrogens with two attached hydrogens (primary N) is 1. The summed E-state index contributed by atoms with van der Waals surface area (Å²) in [5, 5.41) is 0.